The first-order chi connectivity index (χ1) is 29.3. The monoisotopic (exact) mass is 957 g/mol. The fourth-order valence-corrected chi connectivity index (χ4v) is 9.64. The van der Waals surface area contributed by atoms with E-state index < -0.39 is 42.3 Å². The topological polar surface area (TPSA) is 180 Å². The molecule has 364 valence electrons. The average Bonchev–Trinajstić information content (AvgIpc) is 3.93. The first-order valence-corrected chi connectivity index (χ1v) is 23.0. The molecule has 0 radical (unpaired) electrons. The van der Waals surface area contributed by atoms with Crippen molar-refractivity contribution in [2.75, 3.05) is 62.0 Å². The number of likely N-dealkylation sites (N-methyl/N-ethyl adjacent to an activating group) is 3. The number of aromatic nitrogens is 1. The fourth-order valence-electron chi connectivity index (χ4n) is 8.80. The minimum atomic E-state index is -0.776. The first-order valence-electron chi connectivity index (χ1n) is 22.2. The number of hydrogen-bond donors (Lipinski definition) is 3. The zero-order valence-electron chi connectivity index (χ0n) is 40.4. The van der Waals surface area contributed by atoms with Crippen LogP contribution in [0.2, 0.25) is 0 Å². The molecule has 2 aromatic rings. The van der Waals surface area contributed by atoms with Gasteiger partial charge in [-0.25, -0.2) is 4.98 Å². The Balaban J connectivity index is 0.0000102. The van der Waals surface area contributed by atoms with Crippen molar-refractivity contribution in [1.29, 1.82) is 0 Å². The summed E-state index contributed by atoms with van der Waals surface area (Å²) >= 11 is 1.32. The fraction of sp³-hybridized carbons (Fsp3) is 0.696. The summed E-state index contributed by atoms with van der Waals surface area (Å²) in [5.41, 5.74) is 6.97. The molecule has 8 unspecified atom stereocenters. The van der Waals surface area contributed by atoms with Gasteiger partial charge in [0.1, 0.15) is 16.7 Å². The average molecular weight is 958 g/mol. The van der Waals surface area contributed by atoms with Gasteiger partial charge < -0.3 is 40.5 Å². The molecule has 0 bridgehead atoms. The molecule has 1 aliphatic rings. The number of amides is 5. The summed E-state index contributed by atoms with van der Waals surface area (Å²) in [5, 5.41) is 8.57. The minimum absolute atomic E-state index is 0. The molecule has 5 amide bonds. The number of nitrogens with two attached hydrogens (primary N) is 1. The molecular weight excluding hydrogens is 880 g/mol. The molecule has 9 atom stereocenters. The van der Waals surface area contributed by atoms with Gasteiger partial charge in [0.15, 0.2) is 0 Å². The lowest BCUT2D eigenvalue weighted by molar-refractivity contribution is -0.148. The van der Waals surface area contributed by atoms with E-state index in [1.807, 2.05) is 103 Å². The van der Waals surface area contributed by atoms with Gasteiger partial charge in [0.25, 0.3) is 5.91 Å². The summed E-state index contributed by atoms with van der Waals surface area (Å²) in [7, 11) is 10.3. The van der Waals surface area contributed by atoms with Crippen LogP contribution in [0.3, 0.4) is 0 Å². The Morgan fingerprint density at radius 3 is 2.09 bits per heavy atom. The molecule has 64 heavy (non-hydrogen) atoms. The second-order valence-corrected chi connectivity index (χ2v) is 18.7. The number of benzene rings is 1. The lowest BCUT2D eigenvalue weighted by Crippen LogP contribution is -2.59. The standard InChI is InChI=1S/C46H76N8O7S.2ClH/c1-14-30(6)40(53(11)46(59)38(28(2)3)50-43(57)39(29(4)5)51(8)9)36(60-12)26-37(55)54-23-18-21-35(54)41(61-13)31(7)42(56)48-33(25-32-19-16-15-17-20-32)44-49-34(27-62-44)45(58)52(10)24-22-47;;/h15-17,19-20,27-31,33,35-36,38-41H,14,18,21-26,47H2,1-13H3,(H,48,56)(H,50,57);2*1H/t30?,31?,33?,35-,36?,38?,39?,40?,41?;;/m0../s1. The molecule has 0 saturated carbocycles. The number of rotatable bonds is 24. The predicted molar refractivity (Wildman–Crippen MR) is 259 cm³/mol. The molecule has 15 nitrogen and oxygen atoms in total. The summed E-state index contributed by atoms with van der Waals surface area (Å²) < 4.78 is 12.1. The number of hydrogen-bond acceptors (Lipinski definition) is 11. The van der Waals surface area contributed by atoms with Gasteiger partial charge in [-0.1, -0.05) is 85.2 Å². The Bertz CT molecular complexity index is 1750. The van der Waals surface area contributed by atoms with E-state index in [9.17, 15) is 24.0 Å². The Labute approximate surface area is 399 Å². The highest BCUT2D eigenvalue weighted by molar-refractivity contribution is 7.09. The summed E-state index contributed by atoms with van der Waals surface area (Å²) in [5.74, 6) is -1.95. The maximum atomic E-state index is 14.4. The number of nitrogens with zero attached hydrogens (tertiary/aromatic N) is 5. The maximum absolute atomic E-state index is 14.4. The van der Waals surface area contributed by atoms with Crippen LogP contribution in [-0.4, -0.2) is 153 Å². The summed E-state index contributed by atoms with van der Waals surface area (Å²) in [6.45, 7) is 14.9. The molecule has 1 aromatic heterocycles. The molecule has 1 fully saturated rings. The minimum Gasteiger partial charge on any atom is -0.379 e. The van der Waals surface area contributed by atoms with Crippen molar-refractivity contribution in [3.8, 4) is 0 Å². The van der Waals surface area contributed by atoms with E-state index in [1.54, 1.807) is 38.6 Å². The number of nitrogens with one attached hydrogen (secondary N) is 2. The third kappa shape index (κ3) is 15.3. The van der Waals surface area contributed by atoms with Crippen molar-refractivity contribution in [3.63, 3.8) is 0 Å². The number of carbonyl (C=O) groups is 5. The number of thiazole rings is 1. The smallest absolute Gasteiger partial charge is 0.273 e. The molecule has 18 heteroatoms. The van der Waals surface area contributed by atoms with Crippen LogP contribution in [-0.2, 0) is 35.1 Å². The quantitative estimate of drug-likeness (QED) is 0.129. The van der Waals surface area contributed by atoms with Gasteiger partial charge in [-0.05, 0) is 56.7 Å². The van der Waals surface area contributed by atoms with E-state index in [0.717, 1.165) is 18.4 Å². The van der Waals surface area contributed by atoms with E-state index in [4.69, 9.17) is 15.2 Å². The van der Waals surface area contributed by atoms with E-state index >= 15 is 0 Å². The number of methoxy groups -OCH3 is 2. The van der Waals surface area contributed by atoms with Gasteiger partial charge in [0.05, 0.1) is 48.7 Å². The highest BCUT2D eigenvalue weighted by Crippen LogP contribution is 2.31. The van der Waals surface area contributed by atoms with Gasteiger partial charge in [-0.15, -0.1) is 36.2 Å². The van der Waals surface area contributed by atoms with Gasteiger partial charge in [-0.2, -0.15) is 0 Å². The zero-order chi connectivity index (χ0) is 46.4. The van der Waals surface area contributed by atoms with E-state index in [2.05, 4.69) is 15.6 Å². The molecule has 0 spiro atoms. The number of carbonyl (C=O) groups excluding carboxylic acids is 5. The highest BCUT2D eigenvalue weighted by atomic mass is 35.5. The molecule has 1 aliphatic heterocycles. The second kappa shape index (κ2) is 27.9. The van der Waals surface area contributed by atoms with Crippen LogP contribution < -0.4 is 16.4 Å². The third-order valence-corrected chi connectivity index (χ3v) is 13.4. The van der Waals surface area contributed by atoms with Crippen LogP contribution in [0.15, 0.2) is 35.7 Å². The highest BCUT2D eigenvalue weighted by Gasteiger charge is 2.43. The van der Waals surface area contributed by atoms with Crippen molar-refractivity contribution in [3.05, 3.63) is 52.0 Å². The van der Waals surface area contributed by atoms with E-state index in [1.165, 1.54) is 16.2 Å². The molecule has 4 N–H and O–H groups in total. The van der Waals surface area contributed by atoms with Crippen molar-refractivity contribution >= 4 is 65.7 Å². The summed E-state index contributed by atoms with van der Waals surface area (Å²) in [4.78, 5) is 81.1. The van der Waals surface area contributed by atoms with E-state index in [-0.39, 0.29) is 84.6 Å². The van der Waals surface area contributed by atoms with Crippen molar-refractivity contribution in [1.82, 2.24) is 35.2 Å². The Morgan fingerprint density at radius 1 is 0.922 bits per heavy atom. The number of halogens is 2. The SMILES string of the molecule is CCC(C)C(C(CC(=O)N1CCC[C@H]1C(OC)C(C)C(=O)NC(Cc1ccccc1)c1nc(C(=O)N(C)CCN)cs1)OC)N(C)C(=O)C(NC(=O)C(C(C)C)N(C)C)C(C)C.Cl.Cl. The summed E-state index contributed by atoms with van der Waals surface area (Å²) in [6.07, 6.45) is 1.30. The van der Waals surface area contributed by atoms with Gasteiger partial charge >= 0.3 is 0 Å². The third-order valence-electron chi connectivity index (χ3n) is 12.4. The molecule has 3 rings (SSSR count). The molecule has 1 aromatic carbocycles. The van der Waals surface area contributed by atoms with Crippen LogP contribution in [0.1, 0.15) is 101 Å². The molecule has 2 heterocycles. The predicted octanol–water partition coefficient (Wildman–Crippen LogP) is 5.06. The maximum Gasteiger partial charge on any atom is 0.273 e. The molecular formula is C46H78Cl2N8O7S. The van der Waals surface area contributed by atoms with Crippen LogP contribution in [0.25, 0.3) is 0 Å². The van der Waals surface area contributed by atoms with Gasteiger partial charge in [0, 0.05) is 53.3 Å². The second-order valence-electron chi connectivity index (χ2n) is 17.8. The lowest BCUT2D eigenvalue weighted by atomic mass is 9.89. The first kappa shape index (κ1) is 58.6. The molecule has 0 aliphatic carbocycles. The van der Waals surface area contributed by atoms with E-state index in [0.29, 0.717) is 43.2 Å². The van der Waals surface area contributed by atoms with Crippen molar-refractivity contribution in [2.24, 2.45) is 29.4 Å². The Kier molecular flexibility index (Phi) is 25.6. The molecule has 1 saturated heterocycles. The Morgan fingerprint density at radius 2 is 1.56 bits per heavy atom. The largest absolute Gasteiger partial charge is 0.379 e. The number of likely N-dealkylation sites (tertiary alicyclic amines) is 1. The van der Waals surface area contributed by atoms with Crippen LogP contribution in [0, 0.1) is 23.7 Å². The van der Waals surface area contributed by atoms with Gasteiger partial charge in [-0.3, -0.25) is 28.9 Å². The Hall–Kier alpha value is -3.38. The van der Waals surface area contributed by atoms with Crippen molar-refractivity contribution in [2.45, 2.75) is 123 Å². The number of ether oxygens (including phenoxy) is 2. The van der Waals surface area contributed by atoms with Crippen LogP contribution >= 0.6 is 36.2 Å². The van der Waals surface area contributed by atoms with Crippen molar-refractivity contribution < 1.29 is 33.4 Å². The lowest BCUT2D eigenvalue weighted by Gasteiger charge is -2.41. The van der Waals surface area contributed by atoms with Crippen LogP contribution in [0.4, 0.5) is 0 Å². The zero-order valence-corrected chi connectivity index (χ0v) is 42.8. The summed E-state index contributed by atoms with van der Waals surface area (Å²) in [6, 6.07) is 7.22. The normalized spacial score (nSPS) is 17.6. The van der Waals surface area contributed by atoms with Gasteiger partial charge in [0.2, 0.25) is 23.6 Å². The van der Waals surface area contributed by atoms with Crippen LogP contribution in [0.5, 0.6) is 0 Å².